The fraction of sp³-hybridized carbons (Fsp3) is 0.312. The number of primary amides is 1. The molecular weight excluding hydrogens is 524 g/mol. The van der Waals surface area contributed by atoms with Gasteiger partial charge in [0.25, 0.3) is 0 Å². The van der Waals surface area contributed by atoms with Gasteiger partial charge in [-0.05, 0) is 74.2 Å². The number of hydrogen-bond acceptors (Lipinski definition) is 6. The Balaban J connectivity index is 1.65. The minimum atomic E-state index is -0.422. The lowest BCUT2D eigenvalue weighted by Gasteiger charge is -2.20. The lowest BCUT2D eigenvalue weighted by atomic mass is 10.0. The monoisotopic (exact) mass is 560 g/mol. The van der Waals surface area contributed by atoms with Crippen LogP contribution in [-0.4, -0.2) is 30.6 Å². The topological polar surface area (TPSA) is 98.5 Å². The number of hydrogen-bond donors (Lipinski definition) is 3. The maximum atomic E-state index is 12.0. The summed E-state index contributed by atoms with van der Waals surface area (Å²) in [5.74, 6) is 0.848. The van der Waals surface area contributed by atoms with Crippen LogP contribution in [0.3, 0.4) is 0 Å². The summed E-state index contributed by atoms with van der Waals surface area (Å²) < 4.78 is 11.7. The quantitative estimate of drug-likeness (QED) is 0.155. The van der Waals surface area contributed by atoms with Crippen LogP contribution in [0.2, 0.25) is 5.02 Å². The molecule has 4 rings (SSSR count). The van der Waals surface area contributed by atoms with Gasteiger partial charge in [-0.2, -0.15) is 0 Å². The molecule has 0 bridgehead atoms. The molecule has 40 heavy (non-hydrogen) atoms. The molecule has 0 radical (unpaired) electrons. The van der Waals surface area contributed by atoms with Gasteiger partial charge >= 0.3 is 0 Å². The molecule has 0 atom stereocenters. The molecule has 0 saturated heterocycles. The first kappa shape index (κ1) is 29.2. The molecule has 0 aliphatic carbocycles. The highest BCUT2D eigenvalue weighted by atomic mass is 35.5. The van der Waals surface area contributed by atoms with E-state index in [1.54, 1.807) is 6.20 Å². The number of amides is 1. The van der Waals surface area contributed by atoms with E-state index in [-0.39, 0.29) is 6.42 Å². The van der Waals surface area contributed by atoms with Gasteiger partial charge in [0.05, 0.1) is 30.8 Å². The normalized spacial score (nSPS) is 11.0. The molecule has 4 aromatic rings. The Morgan fingerprint density at radius 1 is 0.975 bits per heavy atom. The van der Waals surface area contributed by atoms with Crippen LogP contribution in [0.25, 0.3) is 10.9 Å². The number of pyridine rings is 1. The minimum Gasteiger partial charge on any atom is -0.490 e. The molecule has 1 heterocycles. The van der Waals surface area contributed by atoms with Crippen molar-refractivity contribution < 1.29 is 14.3 Å². The number of aromatic nitrogens is 1. The predicted octanol–water partition coefficient (Wildman–Crippen LogP) is 6.35. The van der Waals surface area contributed by atoms with E-state index in [0.717, 1.165) is 58.8 Å². The number of ether oxygens (including phenoxy) is 2. The summed E-state index contributed by atoms with van der Waals surface area (Å²) in [6.45, 7) is 8.61. The second kappa shape index (κ2) is 14.0. The SMILES string of the molecule is CCOc1cc2ncc(CC(N)=O)c(Nc3cccc(CNCCc4ccc(Cl)cc4)c3CC)c2cc1OCC. The first-order valence-electron chi connectivity index (χ1n) is 13.8. The number of benzene rings is 3. The average Bonchev–Trinajstić information content (AvgIpc) is 2.94. The molecule has 7 nitrogen and oxygen atoms in total. The number of anilines is 2. The summed E-state index contributed by atoms with van der Waals surface area (Å²) in [4.78, 5) is 16.6. The molecule has 0 fully saturated rings. The molecule has 210 valence electrons. The van der Waals surface area contributed by atoms with Crippen molar-refractivity contribution in [1.82, 2.24) is 10.3 Å². The number of rotatable bonds is 14. The summed E-state index contributed by atoms with van der Waals surface area (Å²) in [5, 5.41) is 8.79. The molecule has 0 spiro atoms. The van der Waals surface area contributed by atoms with Crippen LogP contribution >= 0.6 is 11.6 Å². The van der Waals surface area contributed by atoms with Crippen LogP contribution < -0.4 is 25.8 Å². The van der Waals surface area contributed by atoms with Crippen LogP contribution in [0.4, 0.5) is 11.4 Å². The summed E-state index contributed by atoms with van der Waals surface area (Å²) in [5.41, 5.74) is 12.5. The Kier molecular flexibility index (Phi) is 10.2. The van der Waals surface area contributed by atoms with Gasteiger partial charge in [-0.3, -0.25) is 9.78 Å². The third-order valence-electron chi connectivity index (χ3n) is 6.68. The van der Waals surface area contributed by atoms with Gasteiger partial charge in [-0.15, -0.1) is 0 Å². The second-order valence-corrected chi connectivity index (χ2v) is 9.90. The Morgan fingerprint density at radius 3 is 2.38 bits per heavy atom. The van der Waals surface area contributed by atoms with Gasteiger partial charge in [-0.1, -0.05) is 42.8 Å². The maximum absolute atomic E-state index is 12.0. The van der Waals surface area contributed by atoms with E-state index < -0.39 is 5.91 Å². The zero-order chi connectivity index (χ0) is 28.5. The van der Waals surface area contributed by atoms with Crippen molar-refractivity contribution in [3.05, 3.63) is 88.1 Å². The molecule has 0 aliphatic rings. The second-order valence-electron chi connectivity index (χ2n) is 9.46. The summed E-state index contributed by atoms with van der Waals surface area (Å²) in [7, 11) is 0. The first-order chi connectivity index (χ1) is 19.4. The van der Waals surface area contributed by atoms with Crippen LogP contribution in [-0.2, 0) is 30.6 Å². The van der Waals surface area contributed by atoms with E-state index in [1.165, 1.54) is 16.7 Å². The number of nitrogens with zero attached hydrogens (tertiary/aromatic N) is 1. The number of fused-ring (bicyclic) bond motifs is 1. The van der Waals surface area contributed by atoms with Crippen molar-refractivity contribution in [2.75, 3.05) is 25.1 Å². The van der Waals surface area contributed by atoms with E-state index in [2.05, 4.69) is 46.8 Å². The molecule has 4 N–H and O–H groups in total. The fourth-order valence-electron chi connectivity index (χ4n) is 4.82. The van der Waals surface area contributed by atoms with Gasteiger partial charge in [0.2, 0.25) is 5.91 Å². The smallest absolute Gasteiger partial charge is 0.221 e. The molecule has 8 heteroatoms. The zero-order valence-electron chi connectivity index (χ0n) is 23.4. The van der Waals surface area contributed by atoms with Gasteiger partial charge in [0.15, 0.2) is 11.5 Å². The number of carbonyl (C=O) groups is 1. The highest BCUT2D eigenvalue weighted by Crippen LogP contribution is 2.38. The van der Waals surface area contributed by atoms with Gasteiger partial charge in [0.1, 0.15) is 0 Å². The predicted molar refractivity (Wildman–Crippen MR) is 163 cm³/mol. The summed E-state index contributed by atoms with van der Waals surface area (Å²) >= 11 is 6.01. The first-order valence-corrected chi connectivity index (χ1v) is 14.1. The minimum absolute atomic E-state index is 0.0653. The maximum Gasteiger partial charge on any atom is 0.221 e. The Bertz CT molecular complexity index is 1460. The fourth-order valence-corrected chi connectivity index (χ4v) is 4.95. The van der Waals surface area contributed by atoms with E-state index >= 15 is 0 Å². The Morgan fingerprint density at radius 2 is 1.70 bits per heavy atom. The largest absolute Gasteiger partial charge is 0.490 e. The van der Waals surface area contributed by atoms with E-state index in [4.69, 9.17) is 26.8 Å². The van der Waals surface area contributed by atoms with E-state index in [1.807, 2.05) is 44.2 Å². The molecular formula is C32H37ClN4O3. The van der Waals surface area contributed by atoms with Crippen molar-refractivity contribution in [2.45, 2.75) is 46.6 Å². The Labute approximate surface area is 241 Å². The number of nitrogens with one attached hydrogen (secondary N) is 2. The van der Waals surface area contributed by atoms with Crippen molar-refractivity contribution in [2.24, 2.45) is 5.73 Å². The molecule has 0 saturated carbocycles. The lowest BCUT2D eigenvalue weighted by Crippen LogP contribution is -2.18. The van der Waals surface area contributed by atoms with Crippen LogP contribution in [0.1, 0.15) is 43.0 Å². The highest BCUT2D eigenvalue weighted by molar-refractivity contribution is 6.30. The van der Waals surface area contributed by atoms with E-state index in [0.29, 0.717) is 24.7 Å². The third-order valence-corrected chi connectivity index (χ3v) is 6.93. The lowest BCUT2D eigenvalue weighted by molar-refractivity contribution is -0.117. The Hall–Kier alpha value is -3.81. The number of nitrogens with two attached hydrogens (primary N) is 1. The highest BCUT2D eigenvalue weighted by Gasteiger charge is 2.17. The van der Waals surface area contributed by atoms with Crippen LogP contribution in [0.5, 0.6) is 11.5 Å². The zero-order valence-corrected chi connectivity index (χ0v) is 24.1. The average molecular weight is 561 g/mol. The van der Waals surface area contributed by atoms with Crippen molar-refractivity contribution >= 4 is 39.8 Å². The molecule has 3 aromatic carbocycles. The van der Waals surface area contributed by atoms with Crippen LogP contribution in [0, 0.1) is 0 Å². The van der Waals surface area contributed by atoms with Gasteiger partial charge < -0.3 is 25.8 Å². The molecule has 0 aliphatic heterocycles. The summed E-state index contributed by atoms with van der Waals surface area (Å²) in [6.07, 6.45) is 3.53. The molecule has 1 aromatic heterocycles. The van der Waals surface area contributed by atoms with Gasteiger partial charge in [0, 0.05) is 40.5 Å². The molecule has 0 unspecified atom stereocenters. The standard InChI is InChI=1S/C32H37ClN4O3/c1-4-25-22(19-35-15-14-21-10-12-24(33)13-11-21)8-7-9-27(25)37-32-23(16-31(34)38)20-36-28-18-30(40-6-3)29(39-5-2)17-26(28)32/h7-13,17-18,20,35H,4-6,14-16,19H2,1-3H3,(H2,34,38)(H,36,37). The number of halogens is 1. The van der Waals surface area contributed by atoms with E-state index in [9.17, 15) is 4.79 Å². The van der Waals surface area contributed by atoms with Gasteiger partial charge in [-0.25, -0.2) is 0 Å². The van der Waals surface area contributed by atoms with Crippen molar-refractivity contribution in [1.29, 1.82) is 0 Å². The van der Waals surface area contributed by atoms with Crippen LogP contribution in [0.15, 0.2) is 60.8 Å². The molecule has 1 amide bonds. The number of carbonyl (C=O) groups excluding carboxylic acids is 1. The van der Waals surface area contributed by atoms with Crippen molar-refractivity contribution in [3.8, 4) is 11.5 Å². The van der Waals surface area contributed by atoms with Crippen molar-refractivity contribution in [3.63, 3.8) is 0 Å². The third kappa shape index (κ3) is 7.23. The summed E-state index contributed by atoms with van der Waals surface area (Å²) in [6, 6.07) is 18.0.